The number of carbonyl (C=O) groups is 1. The molecule has 2 rings (SSSR count). The van der Waals surface area contributed by atoms with Crippen LogP contribution >= 0.6 is 0 Å². The molecule has 0 fully saturated rings. The number of nitrogens with zero attached hydrogens (tertiary/aromatic N) is 3. The van der Waals surface area contributed by atoms with Gasteiger partial charge in [-0.05, 0) is 51.0 Å². The van der Waals surface area contributed by atoms with Gasteiger partial charge in [0, 0.05) is 31.0 Å². The number of guanidine groups is 1. The Morgan fingerprint density at radius 1 is 1.21 bits per heavy atom. The molecule has 0 unspecified atom stereocenters. The van der Waals surface area contributed by atoms with Crippen LogP contribution in [0.25, 0.3) is 0 Å². The first kappa shape index (κ1) is 21.3. The topological polar surface area (TPSA) is 92.6 Å². The van der Waals surface area contributed by atoms with E-state index in [2.05, 4.69) is 43.8 Å². The van der Waals surface area contributed by atoms with E-state index in [1.54, 1.807) is 0 Å². The van der Waals surface area contributed by atoms with Crippen LogP contribution in [0.1, 0.15) is 30.3 Å². The molecule has 0 saturated carbocycles. The van der Waals surface area contributed by atoms with E-state index in [-0.39, 0.29) is 0 Å². The number of aliphatic imine (C=N–C) groups is 1. The summed E-state index contributed by atoms with van der Waals surface area (Å²) in [6.45, 7) is 9.16. The smallest absolute Gasteiger partial charge is 0.411 e. The molecule has 2 aromatic rings. The Bertz CT molecular complexity index is 782. The van der Waals surface area contributed by atoms with E-state index in [9.17, 15) is 4.79 Å². The van der Waals surface area contributed by atoms with Crippen molar-refractivity contribution < 1.29 is 9.53 Å². The number of hydrogen-bond acceptors (Lipinski definition) is 4. The molecule has 8 nitrogen and oxygen atoms in total. The Kier molecular flexibility index (Phi) is 8.33. The number of hydrogen-bond donors (Lipinski definition) is 3. The van der Waals surface area contributed by atoms with Gasteiger partial charge in [0.25, 0.3) is 0 Å². The zero-order valence-electron chi connectivity index (χ0n) is 17.1. The van der Waals surface area contributed by atoms with Crippen molar-refractivity contribution in [3.8, 4) is 0 Å². The quantitative estimate of drug-likeness (QED) is 0.369. The number of carbonyl (C=O) groups excluding carboxylic acids is 1. The average molecular weight is 387 g/mol. The maximum Gasteiger partial charge on any atom is 0.411 e. The van der Waals surface area contributed by atoms with Crippen molar-refractivity contribution in [2.24, 2.45) is 4.99 Å². The minimum absolute atomic E-state index is 0.482. The summed E-state index contributed by atoms with van der Waals surface area (Å²) in [5, 5.41) is 13.7. The lowest BCUT2D eigenvalue weighted by molar-refractivity contribution is 0.187. The molecule has 28 heavy (non-hydrogen) atoms. The normalized spacial score (nSPS) is 11.2. The fourth-order valence-electron chi connectivity index (χ4n) is 2.71. The van der Waals surface area contributed by atoms with E-state index < -0.39 is 6.09 Å². The van der Waals surface area contributed by atoms with E-state index in [4.69, 9.17) is 0 Å². The summed E-state index contributed by atoms with van der Waals surface area (Å²) < 4.78 is 6.61. The zero-order chi connectivity index (χ0) is 20.4. The van der Waals surface area contributed by atoms with Gasteiger partial charge in [-0.1, -0.05) is 12.1 Å². The van der Waals surface area contributed by atoms with Crippen LogP contribution in [0.3, 0.4) is 0 Å². The fourth-order valence-corrected chi connectivity index (χ4v) is 2.71. The molecule has 0 spiro atoms. The van der Waals surface area contributed by atoms with Crippen molar-refractivity contribution in [3.63, 3.8) is 0 Å². The van der Waals surface area contributed by atoms with Crippen molar-refractivity contribution in [3.05, 3.63) is 47.3 Å². The van der Waals surface area contributed by atoms with E-state index in [0.717, 1.165) is 43.3 Å². The Balaban J connectivity index is 1.82. The number of aryl methyl sites for hydroxylation is 3. The van der Waals surface area contributed by atoms with Crippen molar-refractivity contribution in [1.82, 2.24) is 20.4 Å². The van der Waals surface area contributed by atoms with Gasteiger partial charge in [-0.25, -0.2) is 9.79 Å². The highest BCUT2D eigenvalue weighted by Crippen LogP contribution is 2.10. The SMILES string of the molecule is CCNC(=NCc1ccc(NC(=O)OC)cc1)NCCCn1nc(C)cc1C. The second-order valence-electron chi connectivity index (χ2n) is 6.44. The summed E-state index contributed by atoms with van der Waals surface area (Å²) in [5.41, 5.74) is 3.97. The molecule has 8 heteroatoms. The molecule has 0 aliphatic carbocycles. The molecule has 1 amide bonds. The van der Waals surface area contributed by atoms with Crippen molar-refractivity contribution in [2.75, 3.05) is 25.5 Å². The average Bonchev–Trinajstić information content (AvgIpc) is 3.01. The predicted octanol–water partition coefficient (Wildman–Crippen LogP) is 2.82. The molecule has 1 heterocycles. The maximum atomic E-state index is 11.2. The third-order valence-corrected chi connectivity index (χ3v) is 4.09. The van der Waals surface area contributed by atoms with Crippen LogP contribution in [0.2, 0.25) is 0 Å². The van der Waals surface area contributed by atoms with Gasteiger partial charge >= 0.3 is 6.09 Å². The van der Waals surface area contributed by atoms with Crippen LogP contribution in [0.4, 0.5) is 10.5 Å². The lowest BCUT2D eigenvalue weighted by Crippen LogP contribution is -2.38. The van der Waals surface area contributed by atoms with Gasteiger partial charge in [-0.3, -0.25) is 10.00 Å². The van der Waals surface area contributed by atoms with E-state index in [1.807, 2.05) is 42.8 Å². The molecule has 0 aliphatic rings. The second kappa shape index (κ2) is 11.0. The third kappa shape index (κ3) is 6.94. The minimum Gasteiger partial charge on any atom is -0.453 e. The summed E-state index contributed by atoms with van der Waals surface area (Å²) in [7, 11) is 1.34. The third-order valence-electron chi connectivity index (χ3n) is 4.09. The molecule has 0 aliphatic heterocycles. The summed E-state index contributed by atoms with van der Waals surface area (Å²) in [6, 6.07) is 9.61. The van der Waals surface area contributed by atoms with Gasteiger partial charge in [0.05, 0.1) is 19.3 Å². The molecular formula is C20H30N6O2. The first-order chi connectivity index (χ1) is 13.5. The molecule has 0 radical (unpaired) electrons. The van der Waals surface area contributed by atoms with Gasteiger partial charge < -0.3 is 15.4 Å². The number of ether oxygens (including phenoxy) is 1. The number of amides is 1. The van der Waals surface area contributed by atoms with E-state index >= 15 is 0 Å². The van der Waals surface area contributed by atoms with Gasteiger partial charge in [0.1, 0.15) is 0 Å². The Morgan fingerprint density at radius 2 is 1.96 bits per heavy atom. The molecule has 3 N–H and O–H groups in total. The second-order valence-corrected chi connectivity index (χ2v) is 6.44. The van der Waals surface area contributed by atoms with Gasteiger partial charge in [0.15, 0.2) is 5.96 Å². The van der Waals surface area contributed by atoms with Gasteiger partial charge in [-0.15, -0.1) is 0 Å². The largest absolute Gasteiger partial charge is 0.453 e. The van der Waals surface area contributed by atoms with Crippen LogP contribution in [-0.2, 0) is 17.8 Å². The Labute approximate surface area is 166 Å². The first-order valence-corrected chi connectivity index (χ1v) is 9.49. The van der Waals surface area contributed by atoms with Crippen LogP contribution < -0.4 is 16.0 Å². The summed E-state index contributed by atoms with van der Waals surface area (Å²) in [6.07, 6.45) is 0.477. The highest BCUT2D eigenvalue weighted by atomic mass is 16.5. The maximum absolute atomic E-state index is 11.2. The number of nitrogens with one attached hydrogen (secondary N) is 3. The van der Waals surface area contributed by atoms with Crippen LogP contribution in [-0.4, -0.2) is 42.0 Å². The Hall–Kier alpha value is -3.03. The molecule has 0 atom stereocenters. The summed E-state index contributed by atoms with van der Waals surface area (Å²) >= 11 is 0. The number of rotatable bonds is 8. The molecular weight excluding hydrogens is 356 g/mol. The van der Waals surface area contributed by atoms with Gasteiger partial charge in [0.2, 0.25) is 0 Å². The number of benzene rings is 1. The summed E-state index contributed by atoms with van der Waals surface area (Å²) in [5.74, 6) is 0.785. The lowest BCUT2D eigenvalue weighted by atomic mass is 10.2. The first-order valence-electron chi connectivity index (χ1n) is 9.49. The highest BCUT2D eigenvalue weighted by molar-refractivity contribution is 5.84. The van der Waals surface area contributed by atoms with Crippen LogP contribution in [0.5, 0.6) is 0 Å². The number of anilines is 1. The highest BCUT2D eigenvalue weighted by Gasteiger charge is 2.03. The fraction of sp³-hybridized carbons (Fsp3) is 0.450. The summed E-state index contributed by atoms with van der Waals surface area (Å²) in [4.78, 5) is 15.8. The molecule has 152 valence electrons. The molecule has 1 aromatic heterocycles. The molecule has 0 saturated heterocycles. The minimum atomic E-state index is -0.482. The molecule has 0 bridgehead atoms. The monoisotopic (exact) mass is 386 g/mol. The lowest BCUT2D eigenvalue weighted by Gasteiger charge is -2.12. The number of aromatic nitrogens is 2. The van der Waals surface area contributed by atoms with Crippen LogP contribution in [0, 0.1) is 13.8 Å². The van der Waals surface area contributed by atoms with Crippen molar-refractivity contribution >= 4 is 17.7 Å². The van der Waals surface area contributed by atoms with Gasteiger partial charge in [-0.2, -0.15) is 5.10 Å². The standard InChI is InChI=1S/C20H30N6O2/c1-5-21-19(22-11-6-12-26-16(3)13-15(2)25-26)23-14-17-7-9-18(10-8-17)24-20(27)28-4/h7-10,13H,5-6,11-12,14H2,1-4H3,(H,24,27)(H2,21,22,23). The van der Waals surface area contributed by atoms with Crippen molar-refractivity contribution in [2.45, 2.75) is 40.3 Å². The number of methoxy groups -OCH3 is 1. The van der Waals surface area contributed by atoms with Crippen molar-refractivity contribution in [1.29, 1.82) is 0 Å². The van der Waals surface area contributed by atoms with E-state index in [1.165, 1.54) is 12.8 Å². The van der Waals surface area contributed by atoms with Crippen LogP contribution in [0.15, 0.2) is 35.3 Å². The zero-order valence-corrected chi connectivity index (χ0v) is 17.1. The predicted molar refractivity (Wildman–Crippen MR) is 112 cm³/mol. The van der Waals surface area contributed by atoms with E-state index in [0.29, 0.717) is 12.2 Å². The molecule has 1 aromatic carbocycles. The Morgan fingerprint density at radius 3 is 2.57 bits per heavy atom.